The lowest BCUT2D eigenvalue weighted by Gasteiger charge is -2.28. The minimum Gasteiger partial charge on any atom is -0.379 e. The zero-order chi connectivity index (χ0) is 19.3. The number of rotatable bonds is 6. The van der Waals surface area contributed by atoms with Crippen LogP contribution in [-0.4, -0.2) is 61.0 Å². The number of nitrogens with zero attached hydrogens (tertiary/aromatic N) is 2. The van der Waals surface area contributed by atoms with Crippen LogP contribution in [-0.2, 0) is 14.3 Å². The quantitative estimate of drug-likeness (QED) is 0.705. The summed E-state index contributed by atoms with van der Waals surface area (Å²) in [5, 5.41) is 0. The number of morpholine rings is 1. The molecule has 2 amide bonds. The third-order valence-corrected chi connectivity index (χ3v) is 5.99. The van der Waals surface area contributed by atoms with Gasteiger partial charge >= 0.3 is 0 Å². The number of benzene rings is 2. The van der Waals surface area contributed by atoms with Crippen LogP contribution < -0.4 is 0 Å². The maximum atomic E-state index is 13.2. The lowest BCUT2D eigenvalue weighted by atomic mass is 10.1. The Bertz CT molecular complexity index is 877. The molecule has 0 spiro atoms. The molecule has 144 valence electrons. The molecule has 0 N–H and O–H groups in total. The summed E-state index contributed by atoms with van der Waals surface area (Å²) in [6, 6.07) is 19.2. The van der Waals surface area contributed by atoms with E-state index in [4.69, 9.17) is 4.74 Å². The highest BCUT2D eigenvalue weighted by Gasteiger charge is 2.39. The Hall–Kier alpha value is -2.41. The zero-order valence-corrected chi connectivity index (χ0v) is 16.4. The molecule has 0 aromatic heterocycles. The number of hydrogen-bond donors (Lipinski definition) is 0. The molecule has 0 saturated carbocycles. The molecule has 0 unspecified atom stereocenters. The van der Waals surface area contributed by atoms with Crippen molar-refractivity contribution < 1.29 is 14.3 Å². The first-order valence-electron chi connectivity index (χ1n) is 9.43. The first-order valence-corrected chi connectivity index (χ1v) is 10.2. The SMILES string of the molecule is O=C1C(Sc2ccccc2)=C(c2ccccc2)C(=O)N1CCN1CCOCC1. The van der Waals surface area contributed by atoms with Gasteiger partial charge in [-0.05, 0) is 17.7 Å². The molecule has 1 fully saturated rings. The van der Waals surface area contributed by atoms with E-state index in [0.717, 1.165) is 23.5 Å². The van der Waals surface area contributed by atoms with Crippen molar-refractivity contribution in [1.82, 2.24) is 9.80 Å². The normalized spacial score (nSPS) is 18.2. The molecule has 2 aliphatic heterocycles. The van der Waals surface area contributed by atoms with Crippen molar-refractivity contribution >= 4 is 29.1 Å². The largest absolute Gasteiger partial charge is 0.379 e. The van der Waals surface area contributed by atoms with E-state index in [-0.39, 0.29) is 11.8 Å². The van der Waals surface area contributed by atoms with Crippen molar-refractivity contribution in [2.75, 3.05) is 39.4 Å². The summed E-state index contributed by atoms with van der Waals surface area (Å²) >= 11 is 1.37. The van der Waals surface area contributed by atoms with Crippen molar-refractivity contribution in [2.24, 2.45) is 0 Å². The van der Waals surface area contributed by atoms with E-state index in [2.05, 4.69) is 4.90 Å². The van der Waals surface area contributed by atoms with E-state index >= 15 is 0 Å². The average Bonchev–Trinajstić information content (AvgIpc) is 2.98. The molecule has 2 heterocycles. The fourth-order valence-corrected chi connectivity index (χ4v) is 4.42. The van der Waals surface area contributed by atoms with Gasteiger partial charge in [0.2, 0.25) is 0 Å². The molecule has 28 heavy (non-hydrogen) atoms. The predicted molar refractivity (Wildman–Crippen MR) is 110 cm³/mol. The number of imide groups is 1. The van der Waals surface area contributed by atoms with E-state index in [0.29, 0.717) is 36.8 Å². The van der Waals surface area contributed by atoms with Crippen LogP contribution in [0, 0.1) is 0 Å². The van der Waals surface area contributed by atoms with Crippen molar-refractivity contribution in [3.63, 3.8) is 0 Å². The fourth-order valence-electron chi connectivity index (χ4n) is 3.38. The Morgan fingerprint density at radius 2 is 1.46 bits per heavy atom. The molecule has 0 aliphatic carbocycles. The number of amides is 2. The van der Waals surface area contributed by atoms with Crippen molar-refractivity contribution in [3.8, 4) is 0 Å². The van der Waals surface area contributed by atoms with Gasteiger partial charge in [0.1, 0.15) is 0 Å². The van der Waals surface area contributed by atoms with Crippen LogP contribution in [0.4, 0.5) is 0 Å². The predicted octanol–water partition coefficient (Wildman–Crippen LogP) is 2.89. The van der Waals surface area contributed by atoms with Crippen molar-refractivity contribution in [1.29, 1.82) is 0 Å². The van der Waals surface area contributed by atoms with E-state index in [1.165, 1.54) is 16.7 Å². The zero-order valence-electron chi connectivity index (χ0n) is 15.5. The molecule has 0 atom stereocenters. The van der Waals surface area contributed by atoms with Gasteiger partial charge in [0.25, 0.3) is 11.8 Å². The van der Waals surface area contributed by atoms with E-state index in [1.54, 1.807) is 0 Å². The summed E-state index contributed by atoms with van der Waals surface area (Å²) < 4.78 is 5.37. The summed E-state index contributed by atoms with van der Waals surface area (Å²) in [6.45, 7) is 4.13. The Morgan fingerprint density at radius 1 is 0.821 bits per heavy atom. The highest BCUT2D eigenvalue weighted by Crippen LogP contribution is 2.39. The van der Waals surface area contributed by atoms with E-state index in [9.17, 15) is 9.59 Å². The fraction of sp³-hybridized carbons (Fsp3) is 0.273. The molecule has 0 bridgehead atoms. The van der Waals surface area contributed by atoms with Gasteiger partial charge in [0, 0.05) is 31.1 Å². The van der Waals surface area contributed by atoms with Gasteiger partial charge in [0.15, 0.2) is 0 Å². The molecule has 2 aliphatic rings. The van der Waals surface area contributed by atoms with Gasteiger partial charge in [-0.25, -0.2) is 0 Å². The molecule has 2 aromatic carbocycles. The number of thioether (sulfide) groups is 1. The molecule has 0 radical (unpaired) electrons. The first kappa shape index (κ1) is 18.9. The highest BCUT2D eigenvalue weighted by atomic mass is 32.2. The van der Waals surface area contributed by atoms with Crippen LogP contribution in [0.15, 0.2) is 70.5 Å². The summed E-state index contributed by atoms with van der Waals surface area (Å²) in [5.41, 5.74) is 1.29. The van der Waals surface area contributed by atoms with Gasteiger partial charge in [-0.15, -0.1) is 0 Å². The topological polar surface area (TPSA) is 49.9 Å². The molecule has 6 heteroatoms. The van der Waals surface area contributed by atoms with Gasteiger partial charge < -0.3 is 4.74 Å². The Kier molecular flexibility index (Phi) is 5.90. The molecular weight excluding hydrogens is 372 g/mol. The molecule has 2 aromatic rings. The van der Waals surface area contributed by atoms with Gasteiger partial charge in [-0.3, -0.25) is 19.4 Å². The number of hydrogen-bond acceptors (Lipinski definition) is 5. The van der Waals surface area contributed by atoms with Gasteiger partial charge in [-0.2, -0.15) is 0 Å². The Balaban J connectivity index is 1.59. The summed E-state index contributed by atoms with van der Waals surface area (Å²) in [4.78, 5) is 31.4. The minimum absolute atomic E-state index is 0.203. The van der Waals surface area contributed by atoms with E-state index < -0.39 is 0 Å². The third-order valence-electron chi connectivity index (χ3n) is 4.89. The lowest BCUT2D eigenvalue weighted by Crippen LogP contribution is -2.43. The second kappa shape index (κ2) is 8.73. The highest BCUT2D eigenvalue weighted by molar-refractivity contribution is 8.04. The third kappa shape index (κ3) is 4.04. The van der Waals surface area contributed by atoms with Crippen LogP contribution in [0.5, 0.6) is 0 Å². The smallest absolute Gasteiger partial charge is 0.268 e. The monoisotopic (exact) mass is 394 g/mol. The standard InChI is InChI=1S/C22H22N2O3S/c25-21-19(17-7-3-1-4-8-17)20(28-18-9-5-2-6-10-18)22(26)24(21)12-11-23-13-15-27-16-14-23/h1-10H,11-16H2. The lowest BCUT2D eigenvalue weighted by molar-refractivity contribution is -0.136. The van der Waals surface area contributed by atoms with Crippen LogP contribution >= 0.6 is 11.8 Å². The molecule has 5 nitrogen and oxygen atoms in total. The Labute approximate surface area is 169 Å². The van der Waals surface area contributed by atoms with Gasteiger partial charge in [-0.1, -0.05) is 60.3 Å². The van der Waals surface area contributed by atoms with Crippen LogP contribution in [0.2, 0.25) is 0 Å². The second-order valence-corrected chi connectivity index (χ2v) is 7.78. The van der Waals surface area contributed by atoms with Crippen molar-refractivity contribution in [3.05, 3.63) is 71.1 Å². The summed E-state index contributed by atoms with van der Waals surface area (Å²) in [6.07, 6.45) is 0. The molecule has 4 rings (SSSR count). The van der Waals surface area contributed by atoms with Crippen LogP contribution in [0.3, 0.4) is 0 Å². The second-order valence-electron chi connectivity index (χ2n) is 6.70. The number of ether oxygens (including phenoxy) is 1. The minimum atomic E-state index is -0.206. The molecule has 1 saturated heterocycles. The number of carbonyl (C=O) groups excluding carboxylic acids is 2. The first-order chi connectivity index (χ1) is 13.7. The van der Waals surface area contributed by atoms with Gasteiger partial charge in [0.05, 0.1) is 23.7 Å². The van der Waals surface area contributed by atoms with Crippen LogP contribution in [0.1, 0.15) is 5.56 Å². The summed E-state index contributed by atoms with van der Waals surface area (Å²) in [7, 11) is 0. The maximum Gasteiger partial charge on any atom is 0.268 e. The summed E-state index contributed by atoms with van der Waals surface area (Å²) in [5.74, 6) is -0.408. The average molecular weight is 394 g/mol. The molecular formula is C22H22N2O3S. The van der Waals surface area contributed by atoms with Crippen LogP contribution in [0.25, 0.3) is 5.57 Å². The van der Waals surface area contributed by atoms with Crippen molar-refractivity contribution in [2.45, 2.75) is 4.90 Å². The van der Waals surface area contributed by atoms with E-state index in [1.807, 2.05) is 60.7 Å². The maximum absolute atomic E-state index is 13.2. The Morgan fingerprint density at radius 3 is 2.14 bits per heavy atom. The number of carbonyl (C=O) groups is 2.